The lowest BCUT2D eigenvalue weighted by Crippen LogP contribution is -2.33. The number of methoxy groups -OCH3 is 1. The minimum atomic E-state index is -0.281. The van der Waals surface area contributed by atoms with Crippen molar-refractivity contribution in [2.75, 3.05) is 19.0 Å². The highest BCUT2D eigenvalue weighted by atomic mass is 35.5. The van der Waals surface area contributed by atoms with Crippen molar-refractivity contribution in [3.8, 4) is 5.75 Å². The van der Waals surface area contributed by atoms with Gasteiger partial charge in [0, 0.05) is 11.1 Å². The summed E-state index contributed by atoms with van der Waals surface area (Å²) in [5, 5.41) is 6.51. The Bertz CT molecular complexity index is 720. The van der Waals surface area contributed by atoms with Crippen molar-refractivity contribution < 1.29 is 13.9 Å². The van der Waals surface area contributed by atoms with E-state index in [0.717, 1.165) is 5.56 Å². The van der Waals surface area contributed by atoms with Crippen LogP contribution >= 0.6 is 11.6 Å². The largest absolute Gasteiger partial charge is 0.495 e. The fourth-order valence-electron chi connectivity index (χ4n) is 2.58. The Hall–Kier alpha value is -2.11. The average molecular weight is 365 g/mol. The highest BCUT2D eigenvalue weighted by molar-refractivity contribution is 6.31. The van der Waals surface area contributed by atoms with Crippen molar-refractivity contribution >= 4 is 23.2 Å². The van der Waals surface area contributed by atoms with Gasteiger partial charge in [0.1, 0.15) is 11.6 Å². The summed E-state index contributed by atoms with van der Waals surface area (Å²) in [6.07, 6.45) is 0. The standard InChI is InChI=1S/C19H22ClFN2O2/c1-12(2)19(13-4-7-15(21)8-5-13)22-11-18(24)23-16-10-14(20)6-9-17(16)25-3/h4-10,12,19,22H,11H2,1-3H3,(H,23,24)/t19-/m1/s1. The average Bonchev–Trinajstić information content (AvgIpc) is 2.56. The van der Waals surface area contributed by atoms with Gasteiger partial charge in [-0.25, -0.2) is 4.39 Å². The molecule has 4 nitrogen and oxygen atoms in total. The second-order valence-electron chi connectivity index (χ2n) is 6.05. The molecule has 6 heteroatoms. The van der Waals surface area contributed by atoms with Crippen LogP contribution in [0.4, 0.5) is 10.1 Å². The zero-order chi connectivity index (χ0) is 18.4. The molecular formula is C19H22ClFN2O2. The molecule has 0 spiro atoms. The van der Waals surface area contributed by atoms with Gasteiger partial charge in [0.25, 0.3) is 0 Å². The molecule has 0 fully saturated rings. The third kappa shape index (κ3) is 5.44. The van der Waals surface area contributed by atoms with Crippen LogP contribution in [-0.4, -0.2) is 19.6 Å². The molecule has 2 rings (SSSR count). The van der Waals surface area contributed by atoms with Gasteiger partial charge < -0.3 is 15.4 Å². The molecular weight excluding hydrogens is 343 g/mol. The quantitative estimate of drug-likeness (QED) is 0.765. The second kappa shape index (κ2) is 8.83. The number of hydrogen-bond donors (Lipinski definition) is 2. The number of benzene rings is 2. The number of anilines is 1. The Morgan fingerprint density at radius 2 is 1.88 bits per heavy atom. The maximum Gasteiger partial charge on any atom is 0.238 e. The summed E-state index contributed by atoms with van der Waals surface area (Å²) in [5.41, 5.74) is 1.45. The highest BCUT2D eigenvalue weighted by Gasteiger charge is 2.17. The number of amides is 1. The van der Waals surface area contributed by atoms with Crippen LogP contribution < -0.4 is 15.4 Å². The molecule has 1 amide bonds. The van der Waals surface area contributed by atoms with Gasteiger partial charge in [0.2, 0.25) is 5.91 Å². The van der Waals surface area contributed by atoms with E-state index in [9.17, 15) is 9.18 Å². The molecule has 134 valence electrons. The van der Waals surface area contributed by atoms with E-state index in [1.165, 1.54) is 19.2 Å². The number of carbonyl (C=O) groups excluding carboxylic acids is 1. The van der Waals surface area contributed by atoms with Gasteiger partial charge in [-0.1, -0.05) is 37.6 Å². The van der Waals surface area contributed by atoms with Gasteiger partial charge in [-0.3, -0.25) is 4.79 Å². The zero-order valence-electron chi connectivity index (χ0n) is 14.5. The molecule has 0 aliphatic heterocycles. The Morgan fingerprint density at radius 3 is 2.48 bits per heavy atom. The molecule has 2 aromatic carbocycles. The number of ether oxygens (including phenoxy) is 1. The van der Waals surface area contributed by atoms with Gasteiger partial charge >= 0.3 is 0 Å². The lowest BCUT2D eigenvalue weighted by atomic mass is 9.96. The molecule has 0 saturated heterocycles. The lowest BCUT2D eigenvalue weighted by Gasteiger charge is -2.23. The van der Waals surface area contributed by atoms with Crippen molar-refractivity contribution in [1.29, 1.82) is 0 Å². The minimum absolute atomic E-state index is 0.0624. The normalized spacial score (nSPS) is 12.1. The van der Waals surface area contributed by atoms with Crippen LogP contribution in [0.2, 0.25) is 5.02 Å². The van der Waals surface area contributed by atoms with Crippen LogP contribution in [0.15, 0.2) is 42.5 Å². The molecule has 1 atom stereocenters. The van der Waals surface area contributed by atoms with Crippen LogP contribution in [0, 0.1) is 11.7 Å². The zero-order valence-corrected chi connectivity index (χ0v) is 15.2. The Balaban J connectivity index is 2.02. The van der Waals surface area contributed by atoms with Gasteiger partial charge in [0.15, 0.2) is 0 Å². The monoisotopic (exact) mass is 364 g/mol. The SMILES string of the molecule is COc1ccc(Cl)cc1NC(=O)CN[C@@H](c1ccc(F)cc1)C(C)C. The molecule has 0 aromatic heterocycles. The molecule has 25 heavy (non-hydrogen) atoms. The number of nitrogens with one attached hydrogen (secondary N) is 2. The molecule has 2 N–H and O–H groups in total. The first-order valence-electron chi connectivity index (χ1n) is 8.03. The third-order valence-electron chi connectivity index (χ3n) is 3.81. The Kier molecular flexibility index (Phi) is 6.79. The van der Waals surface area contributed by atoms with E-state index in [1.807, 2.05) is 13.8 Å². The Morgan fingerprint density at radius 1 is 1.20 bits per heavy atom. The third-order valence-corrected chi connectivity index (χ3v) is 4.05. The van der Waals surface area contributed by atoms with Gasteiger partial charge in [-0.15, -0.1) is 0 Å². The van der Waals surface area contributed by atoms with Gasteiger partial charge in [-0.2, -0.15) is 0 Å². The van der Waals surface area contributed by atoms with Crippen molar-refractivity contribution in [3.05, 3.63) is 58.9 Å². The van der Waals surface area contributed by atoms with Crippen molar-refractivity contribution in [2.45, 2.75) is 19.9 Å². The summed E-state index contributed by atoms with van der Waals surface area (Å²) in [7, 11) is 1.53. The Labute approximate surface area is 152 Å². The van der Waals surface area contributed by atoms with Crippen molar-refractivity contribution in [2.24, 2.45) is 5.92 Å². The molecule has 0 aliphatic carbocycles. The number of halogens is 2. The topological polar surface area (TPSA) is 50.4 Å². The number of carbonyl (C=O) groups is 1. The summed E-state index contributed by atoms with van der Waals surface area (Å²) in [5.74, 6) is 0.279. The molecule has 0 saturated carbocycles. The van der Waals surface area contributed by atoms with E-state index in [1.54, 1.807) is 30.3 Å². The van der Waals surface area contributed by atoms with E-state index in [4.69, 9.17) is 16.3 Å². The van der Waals surface area contributed by atoms with E-state index in [-0.39, 0.29) is 30.2 Å². The van der Waals surface area contributed by atoms with Crippen LogP contribution in [0.25, 0.3) is 0 Å². The predicted octanol–water partition coefficient (Wildman–Crippen LogP) is 4.41. The number of rotatable bonds is 7. The maximum atomic E-state index is 13.1. The van der Waals surface area contributed by atoms with Crippen LogP contribution in [-0.2, 0) is 4.79 Å². The van der Waals surface area contributed by atoms with Gasteiger partial charge in [0.05, 0.1) is 19.3 Å². The molecule has 0 heterocycles. The summed E-state index contributed by atoms with van der Waals surface area (Å²) in [6, 6.07) is 11.3. The smallest absolute Gasteiger partial charge is 0.238 e. The van der Waals surface area contributed by atoms with Gasteiger partial charge in [-0.05, 0) is 41.8 Å². The minimum Gasteiger partial charge on any atom is -0.495 e. The fraction of sp³-hybridized carbons (Fsp3) is 0.316. The van der Waals surface area contributed by atoms with E-state index in [0.29, 0.717) is 16.5 Å². The van der Waals surface area contributed by atoms with Crippen LogP contribution in [0.5, 0.6) is 5.75 Å². The van der Waals surface area contributed by atoms with Crippen LogP contribution in [0.1, 0.15) is 25.5 Å². The highest BCUT2D eigenvalue weighted by Crippen LogP contribution is 2.27. The fourth-order valence-corrected chi connectivity index (χ4v) is 2.76. The summed E-state index contributed by atoms with van der Waals surface area (Å²) < 4.78 is 18.3. The summed E-state index contributed by atoms with van der Waals surface area (Å²) >= 11 is 5.97. The van der Waals surface area contributed by atoms with Crippen molar-refractivity contribution in [3.63, 3.8) is 0 Å². The van der Waals surface area contributed by atoms with E-state index in [2.05, 4.69) is 10.6 Å². The van der Waals surface area contributed by atoms with Crippen molar-refractivity contribution in [1.82, 2.24) is 5.32 Å². The van der Waals surface area contributed by atoms with E-state index < -0.39 is 0 Å². The number of hydrogen-bond acceptors (Lipinski definition) is 3. The lowest BCUT2D eigenvalue weighted by molar-refractivity contribution is -0.115. The first kappa shape index (κ1) is 19.2. The molecule has 2 aromatic rings. The summed E-state index contributed by atoms with van der Waals surface area (Å²) in [4.78, 5) is 12.3. The van der Waals surface area contributed by atoms with E-state index >= 15 is 0 Å². The maximum absolute atomic E-state index is 13.1. The molecule has 0 aliphatic rings. The first-order valence-corrected chi connectivity index (χ1v) is 8.40. The molecule has 0 bridgehead atoms. The van der Waals surface area contributed by atoms with Crippen LogP contribution in [0.3, 0.4) is 0 Å². The second-order valence-corrected chi connectivity index (χ2v) is 6.48. The molecule has 0 radical (unpaired) electrons. The first-order chi connectivity index (χ1) is 11.9. The predicted molar refractivity (Wildman–Crippen MR) is 98.6 cm³/mol. The molecule has 0 unspecified atom stereocenters. The summed E-state index contributed by atoms with van der Waals surface area (Å²) in [6.45, 7) is 4.19.